The van der Waals surface area contributed by atoms with Crippen LogP contribution < -0.4 is 4.74 Å². The topological polar surface area (TPSA) is 38.8 Å². The summed E-state index contributed by atoms with van der Waals surface area (Å²) in [6.45, 7) is 3.30. The minimum Gasteiger partial charge on any atom is -0.496 e. The molecule has 19 heavy (non-hydrogen) atoms. The van der Waals surface area contributed by atoms with Crippen molar-refractivity contribution in [2.45, 2.75) is 13.0 Å². The van der Waals surface area contributed by atoms with Gasteiger partial charge in [0.1, 0.15) is 11.6 Å². The van der Waals surface area contributed by atoms with Crippen LogP contribution in [0.1, 0.15) is 17.3 Å². The lowest BCUT2D eigenvalue weighted by molar-refractivity contribution is -0.0126. The molecule has 1 amide bonds. The van der Waals surface area contributed by atoms with Gasteiger partial charge in [0.25, 0.3) is 5.91 Å². The summed E-state index contributed by atoms with van der Waals surface area (Å²) in [6, 6.07) is 2.66. The Morgan fingerprint density at radius 2 is 2.32 bits per heavy atom. The van der Waals surface area contributed by atoms with Gasteiger partial charge in [-0.1, -0.05) is 0 Å². The standard InChI is InChI=1S/C13H15BrFNO3/c1-8-7-16(3-4-19-8)13(17)9-5-12(18-2)10(14)6-11(9)15/h5-6,8H,3-4,7H2,1-2H3/t8-/m0/s1. The summed E-state index contributed by atoms with van der Waals surface area (Å²) in [5.41, 5.74) is 0.0224. The molecule has 2 rings (SSSR count). The highest BCUT2D eigenvalue weighted by Crippen LogP contribution is 2.28. The van der Waals surface area contributed by atoms with Crippen molar-refractivity contribution in [1.82, 2.24) is 4.90 Å². The number of morpholine rings is 1. The van der Waals surface area contributed by atoms with E-state index >= 15 is 0 Å². The molecule has 104 valence electrons. The quantitative estimate of drug-likeness (QED) is 0.835. The number of hydrogen-bond acceptors (Lipinski definition) is 3. The molecule has 6 heteroatoms. The molecule has 0 radical (unpaired) electrons. The van der Waals surface area contributed by atoms with E-state index in [9.17, 15) is 9.18 Å². The van der Waals surface area contributed by atoms with Crippen LogP contribution in [0.3, 0.4) is 0 Å². The van der Waals surface area contributed by atoms with Crippen molar-refractivity contribution >= 4 is 21.8 Å². The molecule has 0 saturated carbocycles. The summed E-state index contributed by atoms with van der Waals surface area (Å²) in [4.78, 5) is 13.9. The van der Waals surface area contributed by atoms with Gasteiger partial charge in [0.05, 0.1) is 29.9 Å². The van der Waals surface area contributed by atoms with E-state index in [4.69, 9.17) is 9.47 Å². The van der Waals surface area contributed by atoms with Gasteiger partial charge >= 0.3 is 0 Å². The number of ether oxygens (including phenoxy) is 2. The van der Waals surface area contributed by atoms with E-state index < -0.39 is 5.82 Å². The van der Waals surface area contributed by atoms with Crippen LogP contribution in [-0.4, -0.2) is 43.7 Å². The Kier molecular flexibility index (Phi) is 4.42. The predicted octanol–water partition coefficient (Wildman–Crippen LogP) is 2.46. The molecule has 1 aromatic carbocycles. The third-order valence-corrected chi connectivity index (χ3v) is 3.62. The van der Waals surface area contributed by atoms with E-state index in [1.165, 1.54) is 19.2 Å². The lowest BCUT2D eigenvalue weighted by Crippen LogP contribution is -2.44. The van der Waals surface area contributed by atoms with E-state index in [0.717, 1.165) is 0 Å². The van der Waals surface area contributed by atoms with Crippen LogP contribution >= 0.6 is 15.9 Å². The molecule has 1 saturated heterocycles. The zero-order valence-electron chi connectivity index (χ0n) is 10.8. The number of benzene rings is 1. The first-order chi connectivity index (χ1) is 9.02. The average Bonchev–Trinajstić information content (AvgIpc) is 2.38. The second kappa shape index (κ2) is 5.88. The van der Waals surface area contributed by atoms with E-state index in [-0.39, 0.29) is 17.6 Å². The second-order valence-corrected chi connectivity index (χ2v) is 5.25. The smallest absolute Gasteiger partial charge is 0.257 e. The molecule has 0 aromatic heterocycles. The monoisotopic (exact) mass is 331 g/mol. The Balaban J connectivity index is 2.27. The van der Waals surface area contributed by atoms with Gasteiger partial charge in [0, 0.05) is 13.1 Å². The van der Waals surface area contributed by atoms with Crippen molar-refractivity contribution in [1.29, 1.82) is 0 Å². The van der Waals surface area contributed by atoms with Gasteiger partial charge in [-0.2, -0.15) is 0 Å². The molecule has 0 unspecified atom stereocenters. The minimum absolute atomic E-state index is 0.0224. The maximum absolute atomic E-state index is 13.9. The Morgan fingerprint density at radius 1 is 1.58 bits per heavy atom. The van der Waals surface area contributed by atoms with Gasteiger partial charge in [-0.05, 0) is 35.0 Å². The highest BCUT2D eigenvalue weighted by molar-refractivity contribution is 9.10. The summed E-state index contributed by atoms with van der Waals surface area (Å²) in [5.74, 6) is -0.457. The summed E-state index contributed by atoms with van der Waals surface area (Å²) < 4.78 is 24.8. The molecule has 1 fully saturated rings. The van der Waals surface area contributed by atoms with Crippen molar-refractivity contribution in [2.24, 2.45) is 0 Å². The van der Waals surface area contributed by atoms with Crippen molar-refractivity contribution in [3.8, 4) is 5.75 Å². The SMILES string of the molecule is COc1cc(C(=O)N2CCO[C@@H](C)C2)c(F)cc1Br. The average molecular weight is 332 g/mol. The van der Waals surface area contributed by atoms with Crippen LogP contribution in [0.5, 0.6) is 5.75 Å². The van der Waals surface area contributed by atoms with Crippen LogP contribution in [0.15, 0.2) is 16.6 Å². The summed E-state index contributed by atoms with van der Waals surface area (Å²) in [6.07, 6.45) is -0.0295. The van der Waals surface area contributed by atoms with E-state index in [1.54, 1.807) is 4.90 Å². The van der Waals surface area contributed by atoms with Crippen LogP contribution in [0.25, 0.3) is 0 Å². The molecule has 0 aliphatic carbocycles. The molecule has 1 atom stereocenters. The molecular formula is C13H15BrFNO3. The third-order valence-electron chi connectivity index (χ3n) is 3.00. The maximum Gasteiger partial charge on any atom is 0.257 e. The van der Waals surface area contributed by atoms with Crippen molar-refractivity contribution in [3.63, 3.8) is 0 Å². The number of nitrogens with zero attached hydrogens (tertiary/aromatic N) is 1. The Bertz CT molecular complexity index is 495. The Labute approximate surface area is 119 Å². The highest BCUT2D eigenvalue weighted by atomic mass is 79.9. The maximum atomic E-state index is 13.9. The highest BCUT2D eigenvalue weighted by Gasteiger charge is 2.25. The molecule has 0 N–H and O–H groups in total. The van der Waals surface area contributed by atoms with Crippen molar-refractivity contribution < 1.29 is 18.7 Å². The summed E-state index contributed by atoms with van der Waals surface area (Å²) in [5, 5.41) is 0. The first-order valence-corrected chi connectivity index (χ1v) is 6.76. The second-order valence-electron chi connectivity index (χ2n) is 4.40. The molecule has 0 bridgehead atoms. The zero-order chi connectivity index (χ0) is 14.0. The fourth-order valence-electron chi connectivity index (χ4n) is 2.02. The van der Waals surface area contributed by atoms with E-state index in [2.05, 4.69) is 15.9 Å². The third kappa shape index (κ3) is 3.06. The van der Waals surface area contributed by atoms with Gasteiger partial charge < -0.3 is 14.4 Å². The molecule has 1 aromatic rings. The zero-order valence-corrected chi connectivity index (χ0v) is 12.4. The van der Waals surface area contributed by atoms with Gasteiger partial charge in [-0.25, -0.2) is 4.39 Å². The summed E-state index contributed by atoms with van der Waals surface area (Å²) in [7, 11) is 1.48. The number of carbonyl (C=O) groups excluding carboxylic acids is 1. The van der Waals surface area contributed by atoms with Gasteiger partial charge in [-0.15, -0.1) is 0 Å². The summed E-state index contributed by atoms with van der Waals surface area (Å²) >= 11 is 3.19. The van der Waals surface area contributed by atoms with Crippen molar-refractivity contribution in [3.05, 3.63) is 28.0 Å². The lowest BCUT2D eigenvalue weighted by Gasteiger charge is -2.31. The number of hydrogen-bond donors (Lipinski definition) is 0. The number of methoxy groups -OCH3 is 1. The van der Waals surface area contributed by atoms with Gasteiger partial charge in [-0.3, -0.25) is 4.79 Å². The fraction of sp³-hybridized carbons (Fsp3) is 0.462. The van der Waals surface area contributed by atoms with Gasteiger partial charge in [0.2, 0.25) is 0 Å². The first kappa shape index (κ1) is 14.3. The number of carbonyl (C=O) groups is 1. The molecule has 4 nitrogen and oxygen atoms in total. The fourth-order valence-corrected chi connectivity index (χ4v) is 2.50. The van der Waals surface area contributed by atoms with E-state index in [0.29, 0.717) is 29.9 Å². The Morgan fingerprint density at radius 3 is 2.95 bits per heavy atom. The molecule has 1 aliphatic rings. The lowest BCUT2D eigenvalue weighted by atomic mass is 10.1. The number of halogens is 2. The van der Waals surface area contributed by atoms with Crippen LogP contribution in [0.4, 0.5) is 4.39 Å². The largest absolute Gasteiger partial charge is 0.496 e. The minimum atomic E-state index is -0.559. The van der Waals surface area contributed by atoms with Crippen LogP contribution in [0.2, 0.25) is 0 Å². The molecule has 1 aliphatic heterocycles. The van der Waals surface area contributed by atoms with Crippen LogP contribution in [-0.2, 0) is 4.74 Å². The Hall–Kier alpha value is -1.14. The van der Waals surface area contributed by atoms with E-state index in [1.807, 2.05) is 6.92 Å². The van der Waals surface area contributed by atoms with Crippen molar-refractivity contribution in [2.75, 3.05) is 26.8 Å². The normalized spacial score (nSPS) is 19.4. The number of amides is 1. The van der Waals surface area contributed by atoms with Gasteiger partial charge in [0.15, 0.2) is 0 Å². The molecular weight excluding hydrogens is 317 g/mol. The molecule has 0 spiro atoms. The van der Waals surface area contributed by atoms with Crippen LogP contribution in [0, 0.1) is 5.82 Å². The first-order valence-electron chi connectivity index (χ1n) is 5.97. The predicted molar refractivity (Wildman–Crippen MR) is 72.0 cm³/mol. The molecule has 1 heterocycles. The number of rotatable bonds is 2.